The lowest BCUT2D eigenvalue weighted by molar-refractivity contribution is 0.0352. The van der Waals surface area contributed by atoms with Crippen molar-refractivity contribution in [3.05, 3.63) is 28.2 Å². The maximum atomic E-state index is 10.6. The van der Waals surface area contributed by atoms with Gasteiger partial charge in [0.05, 0.1) is 13.2 Å². The lowest BCUT2D eigenvalue weighted by Crippen LogP contribution is -2.41. The summed E-state index contributed by atoms with van der Waals surface area (Å²) < 4.78 is 11.5. The third-order valence-electron chi connectivity index (χ3n) is 2.77. The van der Waals surface area contributed by atoms with Crippen molar-refractivity contribution in [2.75, 3.05) is 13.2 Å². The molecule has 1 aromatic rings. The number of hydrogen-bond donors (Lipinski definition) is 2. The molecule has 5 heteroatoms. The first-order valence-electron chi connectivity index (χ1n) is 5.45. The van der Waals surface area contributed by atoms with Crippen molar-refractivity contribution in [3.63, 3.8) is 0 Å². The van der Waals surface area contributed by atoms with E-state index < -0.39 is 5.60 Å². The van der Waals surface area contributed by atoms with Crippen LogP contribution in [0.15, 0.2) is 22.7 Å². The van der Waals surface area contributed by atoms with Crippen LogP contribution in [0, 0.1) is 5.41 Å². The van der Waals surface area contributed by atoms with E-state index in [0.29, 0.717) is 30.9 Å². The molecule has 17 heavy (non-hydrogen) atoms. The van der Waals surface area contributed by atoms with Gasteiger partial charge in [0, 0.05) is 16.5 Å². The van der Waals surface area contributed by atoms with E-state index in [1.807, 2.05) is 6.07 Å². The van der Waals surface area contributed by atoms with Crippen LogP contribution in [-0.2, 0) is 10.3 Å². The first kappa shape index (κ1) is 12.4. The Labute approximate surface area is 108 Å². The average Bonchev–Trinajstić information content (AvgIpc) is 2.31. The number of aliphatic hydroxyl groups is 1. The van der Waals surface area contributed by atoms with Gasteiger partial charge in [-0.15, -0.1) is 0 Å². The largest absolute Gasteiger partial charge is 0.493 e. The van der Waals surface area contributed by atoms with Crippen molar-refractivity contribution < 1.29 is 14.6 Å². The molecule has 0 saturated heterocycles. The molecule has 92 valence electrons. The minimum Gasteiger partial charge on any atom is -0.493 e. The van der Waals surface area contributed by atoms with Gasteiger partial charge in [-0.05, 0) is 25.1 Å². The van der Waals surface area contributed by atoms with Crippen molar-refractivity contribution in [2.45, 2.75) is 18.9 Å². The molecule has 0 spiro atoms. The lowest BCUT2D eigenvalue weighted by atomic mass is 9.88. The predicted octanol–water partition coefficient (Wildman–Crippen LogP) is 2.43. The standard InChI is InChI=1S/C12H14BrNO3/c1-2-16-11(14)12(15)5-6-17-10-4-3-8(13)7-9(10)12/h3-4,7,14-15H,2,5-6H2,1H3. The topological polar surface area (TPSA) is 62.5 Å². The third kappa shape index (κ3) is 2.17. The Hall–Kier alpha value is -1.07. The molecular formula is C12H14BrNO3. The molecule has 1 atom stereocenters. The highest BCUT2D eigenvalue weighted by Crippen LogP contribution is 2.39. The maximum Gasteiger partial charge on any atom is 0.218 e. The minimum absolute atomic E-state index is 0.123. The van der Waals surface area contributed by atoms with Crippen molar-refractivity contribution in [3.8, 4) is 5.75 Å². The molecule has 0 amide bonds. The first-order valence-corrected chi connectivity index (χ1v) is 6.24. The Morgan fingerprint density at radius 2 is 2.41 bits per heavy atom. The Bertz CT molecular complexity index is 449. The number of halogens is 1. The third-order valence-corrected chi connectivity index (χ3v) is 3.27. The highest BCUT2D eigenvalue weighted by molar-refractivity contribution is 9.10. The van der Waals surface area contributed by atoms with Crippen LogP contribution in [0.1, 0.15) is 18.9 Å². The van der Waals surface area contributed by atoms with E-state index in [0.717, 1.165) is 4.47 Å². The highest BCUT2D eigenvalue weighted by atomic mass is 79.9. The van der Waals surface area contributed by atoms with Gasteiger partial charge in [0.15, 0.2) is 5.60 Å². The summed E-state index contributed by atoms with van der Waals surface area (Å²) in [5.41, 5.74) is -0.801. The van der Waals surface area contributed by atoms with Gasteiger partial charge in [-0.2, -0.15) is 0 Å². The summed E-state index contributed by atoms with van der Waals surface area (Å²) in [6.07, 6.45) is 0.329. The van der Waals surface area contributed by atoms with Crippen LogP contribution in [0.4, 0.5) is 0 Å². The summed E-state index contributed by atoms with van der Waals surface area (Å²) in [7, 11) is 0. The Morgan fingerprint density at radius 1 is 1.65 bits per heavy atom. The lowest BCUT2D eigenvalue weighted by Gasteiger charge is -2.34. The predicted molar refractivity (Wildman–Crippen MR) is 67.5 cm³/mol. The van der Waals surface area contributed by atoms with Gasteiger partial charge in [-0.3, -0.25) is 5.41 Å². The molecule has 1 aliphatic rings. The van der Waals surface area contributed by atoms with E-state index in [-0.39, 0.29) is 5.90 Å². The summed E-state index contributed by atoms with van der Waals surface area (Å²) in [6, 6.07) is 5.39. The van der Waals surface area contributed by atoms with Crippen LogP contribution in [0.5, 0.6) is 5.75 Å². The summed E-state index contributed by atoms with van der Waals surface area (Å²) in [5, 5.41) is 18.4. The van der Waals surface area contributed by atoms with Gasteiger partial charge in [-0.25, -0.2) is 0 Å². The normalized spacial score (nSPS) is 22.5. The first-order chi connectivity index (χ1) is 8.08. The van der Waals surface area contributed by atoms with Crippen LogP contribution in [0.2, 0.25) is 0 Å². The molecule has 0 fully saturated rings. The minimum atomic E-state index is -1.38. The van der Waals surface area contributed by atoms with Gasteiger partial charge in [0.2, 0.25) is 5.90 Å². The molecule has 0 aromatic heterocycles. The van der Waals surface area contributed by atoms with Crippen molar-refractivity contribution in [2.24, 2.45) is 0 Å². The molecular weight excluding hydrogens is 286 g/mol. The van der Waals surface area contributed by atoms with Crippen LogP contribution in [0.25, 0.3) is 0 Å². The fraction of sp³-hybridized carbons (Fsp3) is 0.417. The Morgan fingerprint density at radius 3 is 3.12 bits per heavy atom. The molecule has 0 bridgehead atoms. The Balaban J connectivity index is 2.45. The molecule has 1 unspecified atom stereocenters. The van der Waals surface area contributed by atoms with Crippen molar-refractivity contribution >= 4 is 21.8 Å². The van der Waals surface area contributed by atoms with Gasteiger partial charge in [0.25, 0.3) is 0 Å². The zero-order valence-corrected chi connectivity index (χ0v) is 11.1. The number of benzene rings is 1. The zero-order chi connectivity index (χ0) is 12.5. The van der Waals surface area contributed by atoms with Crippen LogP contribution >= 0.6 is 15.9 Å². The zero-order valence-electron chi connectivity index (χ0n) is 9.50. The molecule has 1 aromatic carbocycles. The summed E-state index contributed by atoms with van der Waals surface area (Å²) in [6.45, 7) is 2.53. The van der Waals surface area contributed by atoms with Gasteiger partial charge in [-0.1, -0.05) is 15.9 Å². The quantitative estimate of drug-likeness (QED) is 0.651. The summed E-state index contributed by atoms with van der Waals surface area (Å²) in [4.78, 5) is 0. The van der Waals surface area contributed by atoms with Crippen LogP contribution in [0.3, 0.4) is 0 Å². The van der Waals surface area contributed by atoms with Crippen molar-refractivity contribution in [1.29, 1.82) is 5.41 Å². The maximum absolute atomic E-state index is 10.6. The number of rotatable bonds is 2. The molecule has 1 aliphatic heterocycles. The fourth-order valence-electron chi connectivity index (χ4n) is 1.89. The summed E-state index contributed by atoms with van der Waals surface area (Å²) in [5.74, 6) is 0.481. The van der Waals surface area contributed by atoms with E-state index in [4.69, 9.17) is 14.9 Å². The van der Waals surface area contributed by atoms with Gasteiger partial charge < -0.3 is 14.6 Å². The van der Waals surface area contributed by atoms with E-state index >= 15 is 0 Å². The number of fused-ring (bicyclic) bond motifs is 1. The SMILES string of the molecule is CCOC(=N)C1(O)CCOc2ccc(Br)cc21. The second-order valence-electron chi connectivity index (χ2n) is 3.86. The van der Waals surface area contributed by atoms with Crippen LogP contribution in [-0.4, -0.2) is 24.2 Å². The van der Waals surface area contributed by atoms with Gasteiger partial charge >= 0.3 is 0 Å². The molecule has 2 rings (SSSR count). The van der Waals surface area contributed by atoms with E-state index in [1.165, 1.54) is 0 Å². The fourth-order valence-corrected chi connectivity index (χ4v) is 2.26. The monoisotopic (exact) mass is 299 g/mol. The second kappa shape index (κ2) is 4.66. The highest BCUT2D eigenvalue weighted by Gasteiger charge is 2.41. The average molecular weight is 300 g/mol. The van der Waals surface area contributed by atoms with Crippen molar-refractivity contribution in [1.82, 2.24) is 0 Å². The Kier molecular flexibility index (Phi) is 3.40. The van der Waals surface area contributed by atoms with Crippen LogP contribution < -0.4 is 4.74 Å². The van der Waals surface area contributed by atoms with E-state index in [9.17, 15) is 5.11 Å². The smallest absolute Gasteiger partial charge is 0.218 e. The van der Waals surface area contributed by atoms with E-state index in [1.54, 1.807) is 19.1 Å². The molecule has 0 radical (unpaired) electrons. The molecule has 2 N–H and O–H groups in total. The molecule has 4 nitrogen and oxygen atoms in total. The molecule has 0 aliphatic carbocycles. The second-order valence-corrected chi connectivity index (χ2v) is 4.78. The van der Waals surface area contributed by atoms with E-state index in [2.05, 4.69) is 15.9 Å². The molecule has 1 heterocycles. The van der Waals surface area contributed by atoms with Gasteiger partial charge in [0.1, 0.15) is 5.75 Å². The number of nitrogens with one attached hydrogen (secondary N) is 1. The molecule has 0 saturated carbocycles. The summed E-state index contributed by atoms with van der Waals surface area (Å²) >= 11 is 3.35. The number of hydrogen-bond acceptors (Lipinski definition) is 4. The number of ether oxygens (including phenoxy) is 2.